The van der Waals surface area contributed by atoms with Crippen molar-refractivity contribution in [1.82, 2.24) is 14.9 Å². The van der Waals surface area contributed by atoms with E-state index in [9.17, 15) is 4.79 Å². The van der Waals surface area contributed by atoms with Crippen molar-refractivity contribution in [3.8, 4) is 5.75 Å². The van der Waals surface area contributed by atoms with Crippen molar-refractivity contribution >= 4 is 21.8 Å². The van der Waals surface area contributed by atoms with Crippen LogP contribution in [0.4, 0.5) is 0 Å². The Morgan fingerprint density at radius 1 is 1.42 bits per heavy atom. The second-order valence-electron chi connectivity index (χ2n) is 3.81. The van der Waals surface area contributed by atoms with Crippen molar-refractivity contribution in [3.05, 3.63) is 40.9 Å². The van der Waals surface area contributed by atoms with Gasteiger partial charge in [-0.05, 0) is 40.0 Å². The van der Waals surface area contributed by atoms with Gasteiger partial charge in [0.1, 0.15) is 18.4 Å². The van der Waals surface area contributed by atoms with Gasteiger partial charge in [-0.1, -0.05) is 13.0 Å². The fourth-order valence-electron chi connectivity index (χ4n) is 1.46. The lowest BCUT2D eigenvalue weighted by molar-refractivity contribution is -0.119. The molecule has 0 unspecified atom stereocenters. The summed E-state index contributed by atoms with van der Waals surface area (Å²) in [5, 5.41) is 7.15. The Kier molecular flexibility index (Phi) is 4.51. The number of nitrogens with one attached hydrogen (secondary N) is 1. The van der Waals surface area contributed by atoms with Crippen LogP contribution in [0.1, 0.15) is 12.5 Å². The van der Waals surface area contributed by atoms with Gasteiger partial charge in [-0.2, -0.15) is 0 Å². The lowest BCUT2D eigenvalue weighted by atomic mass is 10.2. The summed E-state index contributed by atoms with van der Waals surface area (Å²) in [4.78, 5) is 11.6. The highest BCUT2D eigenvalue weighted by Gasteiger charge is 2.06. The van der Waals surface area contributed by atoms with Gasteiger partial charge in [0.15, 0.2) is 6.61 Å². The summed E-state index contributed by atoms with van der Waals surface area (Å²) in [6, 6.07) is 5.79. The first kappa shape index (κ1) is 13.5. The van der Waals surface area contributed by atoms with Crippen LogP contribution in [0.5, 0.6) is 5.75 Å². The molecule has 6 nitrogen and oxygen atoms in total. The molecule has 1 N–H and O–H groups in total. The third-order valence-electron chi connectivity index (χ3n) is 2.44. The van der Waals surface area contributed by atoms with E-state index in [0.717, 1.165) is 10.9 Å². The molecule has 2 aromatic rings. The molecule has 0 bridgehead atoms. The van der Waals surface area contributed by atoms with Crippen LogP contribution < -0.4 is 10.2 Å². The van der Waals surface area contributed by atoms with Gasteiger partial charge in [0.25, 0.3) is 5.91 Å². The molecule has 0 spiro atoms. The molecule has 1 heterocycles. The molecule has 0 radical (unpaired) electrons. The lowest BCUT2D eigenvalue weighted by Crippen LogP contribution is -2.27. The quantitative estimate of drug-likeness (QED) is 0.909. The minimum Gasteiger partial charge on any atom is -0.483 e. The summed E-state index contributed by atoms with van der Waals surface area (Å²) in [5.41, 5.74) is 3.75. The van der Waals surface area contributed by atoms with Crippen molar-refractivity contribution in [2.75, 3.05) is 12.0 Å². The average molecular weight is 325 g/mol. The minimum absolute atomic E-state index is 0.0811. The summed E-state index contributed by atoms with van der Waals surface area (Å²) in [6.07, 6.45) is 3.74. The Morgan fingerprint density at radius 2 is 2.16 bits per heavy atom. The number of carbonyl (C=O) groups excluding carboxylic acids is 1. The van der Waals surface area contributed by atoms with Crippen LogP contribution in [0, 0.1) is 0 Å². The zero-order valence-electron chi connectivity index (χ0n) is 10.3. The standard InChI is InChI=1S/C12H13BrN4O2/c1-2-9-3-4-11(10(13)5-9)19-6-12(18)16-17-7-14-15-8-17/h3-5,7-8H,2,6H2,1H3,(H,16,18). The molecule has 0 fully saturated rings. The number of aryl methyl sites for hydroxylation is 1. The molecule has 0 saturated heterocycles. The van der Waals surface area contributed by atoms with Crippen LogP contribution in [0.2, 0.25) is 0 Å². The Morgan fingerprint density at radius 3 is 2.79 bits per heavy atom. The predicted octanol–water partition coefficient (Wildman–Crippen LogP) is 1.75. The molecule has 1 amide bonds. The highest BCUT2D eigenvalue weighted by Crippen LogP contribution is 2.26. The van der Waals surface area contributed by atoms with Crippen molar-refractivity contribution < 1.29 is 9.53 Å². The number of hydrogen-bond acceptors (Lipinski definition) is 4. The Balaban J connectivity index is 1.90. The maximum Gasteiger partial charge on any atom is 0.276 e. The molecule has 2 rings (SSSR count). The predicted molar refractivity (Wildman–Crippen MR) is 73.4 cm³/mol. The van der Waals surface area contributed by atoms with Gasteiger partial charge in [0, 0.05) is 0 Å². The van der Waals surface area contributed by atoms with Gasteiger partial charge >= 0.3 is 0 Å². The molecule has 7 heteroatoms. The first-order valence-corrected chi connectivity index (χ1v) is 6.54. The van der Waals surface area contributed by atoms with Crippen molar-refractivity contribution in [3.63, 3.8) is 0 Å². The molecular formula is C12H13BrN4O2. The van der Waals surface area contributed by atoms with Crippen LogP contribution in [-0.2, 0) is 11.2 Å². The van der Waals surface area contributed by atoms with Crippen LogP contribution in [0.3, 0.4) is 0 Å². The molecule has 0 saturated carbocycles. The number of ether oxygens (including phenoxy) is 1. The van der Waals surface area contributed by atoms with E-state index in [1.54, 1.807) is 0 Å². The average Bonchev–Trinajstić information content (AvgIpc) is 2.90. The number of halogens is 1. The molecule has 0 aliphatic heterocycles. The van der Waals surface area contributed by atoms with E-state index < -0.39 is 0 Å². The summed E-state index contributed by atoms with van der Waals surface area (Å²) in [6.45, 7) is 2.00. The summed E-state index contributed by atoms with van der Waals surface area (Å²) in [7, 11) is 0. The van der Waals surface area contributed by atoms with E-state index >= 15 is 0 Å². The van der Waals surface area contributed by atoms with Gasteiger partial charge in [-0.25, -0.2) is 4.68 Å². The van der Waals surface area contributed by atoms with Gasteiger partial charge < -0.3 is 4.74 Å². The van der Waals surface area contributed by atoms with Crippen LogP contribution in [-0.4, -0.2) is 27.4 Å². The molecular weight excluding hydrogens is 312 g/mol. The van der Waals surface area contributed by atoms with E-state index in [2.05, 4.69) is 38.5 Å². The van der Waals surface area contributed by atoms with E-state index in [1.807, 2.05) is 18.2 Å². The maximum atomic E-state index is 11.6. The van der Waals surface area contributed by atoms with Crippen LogP contribution in [0.15, 0.2) is 35.3 Å². The third-order valence-corrected chi connectivity index (χ3v) is 3.06. The largest absolute Gasteiger partial charge is 0.483 e. The van der Waals surface area contributed by atoms with Crippen LogP contribution in [0.25, 0.3) is 0 Å². The lowest BCUT2D eigenvalue weighted by Gasteiger charge is -2.09. The van der Waals surface area contributed by atoms with Crippen molar-refractivity contribution in [1.29, 1.82) is 0 Å². The summed E-state index contributed by atoms with van der Waals surface area (Å²) in [5.74, 6) is 0.349. The Labute approximate surface area is 118 Å². The number of nitrogens with zero attached hydrogens (tertiary/aromatic N) is 3. The normalized spacial score (nSPS) is 10.2. The molecule has 0 atom stereocenters. The summed E-state index contributed by atoms with van der Waals surface area (Å²) >= 11 is 3.42. The van der Waals surface area contributed by atoms with Gasteiger partial charge in [0.05, 0.1) is 4.47 Å². The second-order valence-corrected chi connectivity index (χ2v) is 4.67. The minimum atomic E-state index is -0.286. The van der Waals surface area contributed by atoms with Crippen LogP contribution >= 0.6 is 15.9 Å². The maximum absolute atomic E-state index is 11.6. The number of benzene rings is 1. The molecule has 0 aliphatic carbocycles. The monoisotopic (exact) mass is 324 g/mol. The fraction of sp³-hybridized carbons (Fsp3) is 0.250. The number of rotatable bonds is 5. The Bertz CT molecular complexity index is 557. The third kappa shape index (κ3) is 3.78. The molecule has 1 aromatic carbocycles. The molecule has 19 heavy (non-hydrogen) atoms. The van der Waals surface area contributed by atoms with E-state index in [4.69, 9.17) is 4.74 Å². The van der Waals surface area contributed by atoms with Gasteiger partial charge in [-0.15, -0.1) is 10.2 Å². The van der Waals surface area contributed by atoms with Gasteiger partial charge in [-0.3, -0.25) is 10.2 Å². The topological polar surface area (TPSA) is 69.0 Å². The molecule has 1 aromatic heterocycles. The summed E-state index contributed by atoms with van der Waals surface area (Å²) < 4.78 is 7.63. The van der Waals surface area contributed by atoms with E-state index in [-0.39, 0.29) is 12.5 Å². The molecule has 0 aliphatic rings. The van der Waals surface area contributed by atoms with E-state index in [1.165, 1.54) is 22.9 Å². The molecule has 100 valence electrons. The van der Waals surface area contributed by atoms with Crippen molar-refractivity contribution in [2.45, 2.75) is 13.3 Å². The number of aromatic nitrogens is 3. The number of hydrogen-bond donors (Lipinski definition) is 1. The van der Waals surface area contributed by atoms with Gasteiger partial charge in [0.2, 0.25) is 0 Å². The number of carbonyl (C=O) groups is 1. The zero-order valence-corrected chi connectivity index (χ0v) is 11.9. The van der Waals surface area contributed by atoms with Crippen molar-refractivity contribution in [2.24, 2.45) is 0 Å². The SMILES string of the molecule is CCc1ccc(OCC(=O)Nn2cnnc2)c(Br)c1. The highest BCUT2D eigenvalue weighted by atomic mass is 79.9. The first-order chi connectivity index (χ1) is 9.19. The number of amides is 1. The van der Waals surface area contributed by atoms with E-state index in [0.29, 0.717) is 5.75 Å². The Hall–Kier alpha value is -1.89. The smallest absolute Gasteiger partial charge is 0.276 e. The second kappa shape index (κ2) is 6.33. The first-order valence-electron chi connectivity index (χ1n) is 5.74. The highest BCUT2D eigenvalue weighted by molar-refractivity contribution is 9.10. The fourth-order valence-corrected chi connectivity index (χ4v) is 2.00. The zero-order chi connectivity index (χ0) is 13.7.